The van der Waals surface area contributed by atoms with Gasteiger partial charge in [0.2, 0.25) is 10.0 Å². The van der Waals surface area contributed by atoms with Crippen molar-refractivity contribution in [2.45, 2.75) is 17.9 Å². The number of fused-ring (bicyclic) bond motifs is 1. The zero-order valence-electron chi connectivity index (χ0n) is 12.1. The molecule has 0 spiro atoms. The number of carbonyl (C=O) groups excluding carboxylic acids is 1. The number of hydrogen-bond acceptors (Lipinski definition) is 4. The minimum Gasteiger partial charge on any atom is -0.464 e. The van der Waals surface area contributed by atoms with Crippen LogP contribution < -0.4 is 0 Å². The lowest BCUT2D eigenvalue weighted by Crippen LogP contribution is -2.35. The predicted octanol–water partition coefficient (Wildman–Crippen LogP) is 1.55. The SMILES string of the molecule is COC(=O)c1cc(S(=O)(=O)N2CCc3ccccc3C2)c[nH]1. The Hall–Kier alpha value is -2.12. The normalized spacial score (nSPS) is 15.3. The lowest BCUT2D eigenvalue weighted by atomic mass is 10.0. The quantitative estimate of drug-likeness (QED) is 0.870. The molecule has 0 aliphatic carbocycles. The fraction of sp³-hybridized carbons (Fsp3) is 0.267. The van der Waals surface area contributed by atoms with E-state index in [1.54, 1.807) is 0 Å². The Bertz CT molecular complexity index is 810. The van der Waals surface area contributed by atoms with Crippen molar-refractivity contribution in [2.75, 3.05) is 13.7 Å². The van der Waals surface area contributed by atoms with E-state index in [1.807, 2.05) is 24.3 Å². The van der Waals surface area contributed by atoms with Crippen molar-refractivity contribution in [3.8, 4) is 0 Å². The molecule has 7 heteroatoms. The van der Waals surface area contributed by atoms with E-state index in [9.17, 15) is 13.2 Å². The number of aromatic nitrogens is 1. The summed E-state index contributed by atoms with van der Waals surface area (Å²) in [5, 5.41) is 0. The van der Waals surface area contributed by atoms with E-state index in [-0.39, 0.29) is 10.6 Å². The molecule has 2 heterocycles. The summed E-state index contributed by atoms with van der Waals surface area (Å²) in [6, 6.07) is 9.12. The molecule has 1 aromatic heterocycles. The summed E-state index contributed by atoms with van der Waals surface area (Å²) >= 11 is 0. The molecule has 1 aliphatic heterocycles. The zero-order chi connectivity index (χ0) is 15.7. The van der Waals surface area contributed by atoms with Crippen LogP contribution in [0.25, 0.3) is 0 Å². The second-order valence-electron chi connectivity index (χ2n) is 5.10. The molecule has 0 amide bonds. The van der Waals surface area contributed by atoms with E-state index in [4.69, 9.17) is 0 Å². The molecule has 0 atom stereocenters. The predicted molar refractivity (Wildman–Crippen MR) is 79.9 cm³/mol. The Morgan fingerprint density at radius 2 is 2.00 bits per heavy atom. The maximum Gasteiger partial charge on any atom is 0.354 e. The summed E-state index contributed by atoms with van der Waals surface area (Å²) < 4.78 is 31.4. The van der Waals surface area contributed by atoms with Gasteiger partial charge in [0.15, 0.2) is 0 Å². The number of ether oxygens (including phenoxy) is 1. The first-order chi connectivity index (χ1) is 10.5. The van der Waals surface area contributed by atoms with Gasteiger partial charge in [0, 0.05) is 19.3 Å². The molecule has 0 saturated carbocycles. The largest absolute Gasteiger partial charge is 0.464 e. The van der Waals surface area contributed by atoms with E-state index in [0.29, 0.717) is 19.5 Å². The van der Waals surface area contributed by atoms with Crippen molar-refractivity contribution >= 4 is 16.0 Å². The average Bonchev–Trinajstić information content (AvgIpc) is 3.04. The van der Waals surface area contributed by atoms with E-state index in [2.05, 4.69) is 9.72 Å². The molecule has 1 aliphatic rings. The molecule has 1 aromatic carbocycles. The van der Waals surface area contributed by atoms with Crippen LogP contribution in [0.1, 0.15) is 21.6 Å². The van der Waals surface area contributed by atoms with Gasteiger partial charge < -0.3 is 9.72 Å². The highest BCUT2D eigenvalue weighted by Gasteiger charge is 2.29. The van der Waals surface area contributed by atoms with E-state index in [1.165, 1.54) is 29.2 Å². The number of carbonyl (C=O) groups is 1. The van der Waals surface area contributed by atoms with Crippen LogP contribution >= 0.6 is 0 Å². The lowest BCUT2D eigenvalue weighted by Gasteiger charge is -2.27. The van der Waals surface area contributed by atoms with Crippen LogP contribution in [0.15, 0.2) is 41.4 Å². The standard InChI is InChI=1S/C15H16N2O4S/c1-21-15(18)14-8-13(9-16-14)22(19,20)17-7-6-11-4-2-3-5-12(11)10-17/h2-5,8-9,16H,6-7,10H2,1H3. The van der Waals surface area contributed by atoms with Crippen LogP contribution in [0.2, 0.25) is 0 Å². The van der Waals surface area contributed by atoms with Crippen molar-refractivity contribution in [1.29, 1.82) is 0 Å². The Kier molecular flexibility index (Phi) is 3.76. The van der Waals surface area contributed by atoms with Gasteiger partial charge in [0.05, 0.1) is 7.11 Å². The van der Waals surface area contributed by atoms with Gasteiger partial charge in [-0.3, -0.25) is 0 Å². The summed E-state index contributed by atoms with van der Waals surface area (Å²) in [5.41, 5.74) is 2.32. The third kappa shape index (κ3) is 2.53. The minimum atomic E-state index is -3.63. The van der Waals surface area contributed by atoms with Crippen molar-refractivity contribution in [2.24, 2.45) is 0 Å². The van der Waals surface area contributed by atoms with Crippen LogP contribution in [0.3, 0.4) is 0 Å². The number of rotatable bonds is 3. The molecule has 22 heavy (non-hydrogen) atoms. The highest BCUT2D eigenvalue weighted by atomic mass is 32.2. The fourth-order valence-corrected chi connectivity index (χ4v) is 3.99. The molecule has 116 valence electrons. The Morgan fingerprint density at radius 3 is 2.73 bits per heavy atom. The van der Waals surface area contributed by atoms with Gasteiger partial charge in [-0.05, 0) is 23.6 Å². The Labute approximate surface area is 128 Å². The number of nitrogens with one attached hydrogen (secondary N) is 1. The molecule has 2 aromatic rings. The summed E-state index contributed by atoms with van der Waals surface area (Å²) in [6.07, 6.45) is 2.01. The molecule has 0 radical (unpaired) electrons. The Morgan fingerprint density at radius 1 is 1.27 bits per heavy atom. The molecule has 3 rings (SSSR count). The Balaban J connectivity index is 1.88. The third-order valence-electron chi connectivity index (χ3n) is 3.80. The van der Waals surface area contributed by atoms with Gasteiger partial charge in [-0.25, -0.2) is 13.2 Å². The highest BCUT2D eigenvalue weighted by Crippen LogP contribution is 2.25. The van der Waals surface area contributed by atoms with Crippen molar-refractivity contribution < 1.29 is 17.9 Å². The maximum atomic E-state index is 12.7. The highest BCUT2D eigenvalue weighted by molar-refractivity contribution is 7.89. The number of sulfonamides is 1. The summed E-state index contributed by atoms with van der Waals surface area (Å²) in [6.45, 7) is 0.773. The molecule has 0 fully saturated rings. The number of nitrogens with zero attached hydrogens (tertiary/aromatic N) is 1. The van der Waals surface area contributed by atoms with Gasteiger partial charge in [-0.15, -0.1) is 0 Å². The first-order valence-corrected chi connectivity index (χ1v) is 8.30. The maximum absolute atomic E-state index is 12.7. The van der Waals surface area contributed by atoms with Crippen molar-refractivity contribution in [3.63, 3.8) is 0 Å². The first kappa shape index (κ1) is 14.8. The second-order valence-corrected chi connectivity index (χ2v) is 7.04. The number of methoxy groups -OCH3 is 1. The summed E-state index contributed by atoms with van der Waals surface area (Å²) in [7, 11) is -2.38. The molecule has 6 nitrogen and oxygen atoms in total. The van der Waals surface area contributed by atoms with E-state index < -0.39 is 16.0 Å². The van der Waals surface area contributed by atoms with Gasteiger partial charge >= 0.3 is 5.97 Å². The summed E-state index contributed by atoms with van der Waals surface area (Å²) in [4.78, 5) is 14.1. The van der Waals surface area contributed by atoms with Gasteiger partial charge in [-0.2, -0.15) is 4.31 Å². The smallest absolute Gasteiger partial charge is 0.354 e. The monoisotopic (exact) mass is 320 g/mol. The van der Waals surface area contributed by atoms with E-state index >= 15 is 0 Å². The van der Waals surface area contributed by atoms with Crippen LogP contribution in [-0.4, -0.2) is 37.3 Å². The van der Waals surface area contributed by atoms with Crippen LogP contribution in [0, 0.1) is 0 Å². The molecule has 0 bridgehead atoms. The number of H-pyrrole nitrogens is 1. The molecule has 0 unspecified atom stereocenters. The fourth-order valence-electron chi connectivity index (χ4n) is 2.58. The first-order valence-electron chi connectivity index (χ1n) is 6.86. The van der Waals surface area contributed by atoms with Gasteiger partial charge in [0.25, 0.3) is 0 Å². The summed E-state index contributed by atoms with van der Waals surface area (Å²) in [5.74, 6) is -0.592. The molecule has 1 N–H and O–H groups in total. The average molecular weight is 320 g/mol. The van der Waals surface area contributed by atoms with Crippen LogP contribution in [0.5, 0.6) is 0 Å². The molecular weight excluding hydrogens is 304 g/mol. The zero-order valence-corrected chi connectivity index (χ0v) is 12.9. The topological polar surface area (TPSA) is 79.5 Å². The molecular formula is C15H16N2O4S. The van der Waals surface area contributed by atoms with Crippen LogP contribution in [-0.2, 0) is 27.7 Å². The minimum absolute atomic E-state index is 0.0762. The molecule has 0 saturated heterocycles. The number of aromatic amines is 1. The van der Waals surface area contributed by atoms with Gasteiger partial charge in [0.1, 0.15) is 10.6 Å². The number of benzene rings is 1. The van der Waals surface area contributed by atoms with Crippen molar-refractivity contribution in [1.82, 2.24) is 9.29 Å². The number of hydrogen-bond donors (Lipinski definition) is 1. The third-order valence-corrected chi connectivity index (χ3v) is 5.62. The van der Waals surface area contributed by atoms with Crippen LogP contribution in [0.4, 0.5) is 0 Å². The lowest BCUT2D eigenvalue weighted by molar-refractivity contribution is 0.0595. The number of esters is 1. The van der Waals surface area contributed by atoms with E-state index in [0.717, 1.165) is 5.56 Å². The van der Waals surface area contributed by atoms with Gasteiger partial charge in [-0.1, -0.05) is 24.3 Å². The second kappa shape index (κ2) is 5.58. The van der Waals surface area contributed by atoms with Crippen molar-refractivity contribution in [3.05, 3.63) is 53.3 Å².